The molecule has 2 aromatic rings. The SMILES string of the molecule is IN(I)c1ccc(-c2ccccc2)cc1. The van der Waals surface area contributed by atoms with Crippen LogP contribution >= 0.6 is 45.7 Å². The van der Waals surface area contributed by atoms with Crippen molar-refractivity contribution in [2.45, 2.75) is 0 Å². The maximum absolute atomic E-state index is 2.25. The van der Waals surface area contributed by atoms with Gasteiger partial charge in [0.2, 0.25) is 0 Å². The van der Waals surface area contributed by atoms with Gasteiger partial charge in [0.15, 0.2) is 0 Å². The first-order valence-corrected chi connectivity index (χ1v) is 6.47. The molecule has 0 aromatic heterocycles. The van der Waals surface area contributed by atoms with Crippen molar-refractivity contribution >= 4 is 51.4 Å². The van der Waals surface area contributed by atoms with Crippen molar-refractivity contribution in [2.24, 2.45) is 0 Å². The van der Waals surface area contributed by atoms with E-state index in [0.29, 0.717) is 0 Å². The Bertz CT molecular complexity index is 423. The predicted molar refractivity (Wildman–Crippen MR) is 82.4 cm³/mol. The molecule has 0 radical (unpaired) electrons. The van der Waals surface area contributed by atoms with Crippen LogP contribution in [0.3, 0.4) is 0 Å². The number of halogens is 2. The number of benzene rings is 2. The highest BCUT2D eigenvalue weighted by Crippen LogP contribution is 2.26. The Labute approximate surface area is 117 Å². The molecule has 0 aliphatic carbocycles. The largest absolute Gasteiger partial charge is 0.255 e. The number of nitrogens with zero attached hydrogens (tertiary/aromatic N) is 1. The molecule has 0 amide bonds. The molecule has 0 aliphatic heterocycles. The molecule has 0 unspecified atom stereocenters. The third kappa shape index (κ3) is 2.84. The molecule has 15 heavy (non-hydrogen) atoms. The van der Waals surface area contributed by atoms with Crippen molar-refractivity contribution in [1.82, 2.24) is 0 Å². The quantitative estimate of drug-likeness (QED) is 0.495. The summed E-state index contributed by atoms with van der Waals surface area (Å²) in [7, 11) is 0. The van der Waals surface area contributed by atoms with Crippen LogP contribution in [-0.2, 0) is 0 Å². The average Bonchev–Trinajstić information content (AvgIpc) is 2.30. The van der Waals surface area contributed by atoms with Crippen LogP contribution in [-0.4, -0.2) is 0 Å². The molecule has 1 nitrogen and oxygen atoms in total. The molecule has 0 aliphatic rings. The smallest absolute Gasteiger partial charge is 0.0697 e. The van der Waals surface area contributed by atoms with Crippen molar-refractivity contribution in [3.8, 4) is 11.1 Å². The Morgan fingerprint density at radius 3 is 1.73 bits per heavy atom. The lowest BCUT2D eigenvalue weighted by molar-refractivity contribution is 1.60. The van der Waals surface area contributed by atoms with Gasteiger partial charge in [-0.1, -0.05) is 42.5 Å². The normalized spacial score (nSPS) is 10.0. The number of hydrogen-bond donors (Lipinski definition) is 0. The van der Waals surface area contributed by atoms with Crippen molar-refractivity contribution in [1.29, 1.82) is 0 Å². The molecular weight excluding hydrogens is 412 g/mol. The van der Waals surface area contributed by atoms with Crippen LogP contribution < -0.4 is 1.33 Å². The standard InChI is InChI=1S/C12H9I2N/c13-15(14)12-8-6-11(7-9-12)10-4-2-1-3-5-10/h1-9H. The van der Waals surface area contributed by atoms with Crippen molar-refractivity contribution in [3.63, 3.8) is 0 Å². The molecule has 2 aromatic carbocycles. The van der Waals surface area contributed by atoms with Crippen LogP contribution in [0.2, 0.25) is 0 Å². The highest BCUT2D eigenvalue weighted by atomic mass is 127. The Morgan fingerprint density at radius 2 is 1.20 bits per heavy atom. The van der Waals surface area contributed by atoms with Gasteiger partial charge in [-0.3, -0.25) is 1.33 Å². The van der Waals surface area contributed by atoms with Crippen LogP contribution in [0.4, 0.5) is 5.69 Å². The average molecular weight is 421 g/mol. The van der Waals surface area contributed by atoms with Crippen molar-refractivity contribution in [3.05, 3.63) is 54.6 Å². The fourth-order valence-corrected chi connectivity index (χ4v) is 2.04. The van der Waals surface area contributed by atoms with Crippen LogP contribution in [0.25, 0.3) is 11.1 Å². The van der Waals surface area contributed by atoms with Crippen LogP contribution in [0, 0.1) is 0 Å². The number of rotatable bonds is 2. The summed E-state index contributed by atoms with van der Waals surface area (Å²) in [6.45, 7) is 0. The Hall–Kier alpha value is -0.300. The minimum absolute atomic E-state index is 1.20. The van der Waals surface area contributed by atoms with E-state index in [-0.39, 0.29) is 0 Å². The summed E-state index contributed by atoms with van der Waals surface area (Å²) < 4.78 is 2.05. The van der Waals surface area contributed by atoms with Crippen molar-refractivity contribution < 1.29 is 0 Å². The summed E-state index contributed by atoms with van der Waals surface area (Å²) in [6.07, 6.45) is 0. The van der Waals surface area contributed by atoms with E-state index in [1.165, 1.54) is 16.8 Å². The van der Waals surface area contributed by atoms with Gasteiger partial charge in [-0.15, -0.1) is 0 Å². The molecule has 0 saturated carbocycles. The molecule has 2 rings (SSSR count). The van der Waals surface area contributed by atoms with E-state index in [2.05, 4.69) is 94.3 Å². The van der Waals surface area contributed by atoms with Gasteiger partial charge in [-0.05, 0) is 23.3 Å². The summed E-state index contributed by atoms with van der Waals surface area (Å²) in [6, 6.07) is 19.0. The summed E-state index contributed by atoms with van der Waals surface area (Å²) in [4.78, 5) is 0. The van der Waals surface area contributed by atoms with Crippen LogP contribution in [0.15, 0.2) is 54.6 Å². The number of hydrogen-bond acceptors (Lipinski definition) is 1. The lowest BCUT2D eigenvalue weighted by Crippen LogP contribution is -1.88. The monoisotopic (exact) mass is 421 g/mol. The second-order valence-corrected chi connectivity index (χ2v) is 6.92. The van der Waals surface area contributed by atoms with E-state index in [9.17, 15) is 0 Å². The first kappa shape index (κ1) is 11.2. The Kier molecular flexibility index (Phi) is 3.85. The zero-order valence-corrected chi connectivity index (χ0v) is 12.2. The second kappa shape index (κ2) is 5.16. The molecule has 0 saturated heterocycles. The molecule has 0 N–H and O–H groups in total. The first-order chi connectivity index (χ1) is 7.27. The van der Waals surface area contributed by atoms with Gasteiger partial charge >= 0.3 is 0 Å². The van der Waals surface area contributed by atoms with E-state index in [1.54, 1.807) is 0 Å². The zero-order chi connectivity index (χ0) is 10.7. The summed E-state index contributed by atoms with van der Waals surface area (Å²) in [5, 5.41) is 0. The molecule has 0 spiro atoms. The van der Waals surface area contributed by atoms with Gasteiger partial charge in [0, 0.05) is 0 Å². The van der Waals surface area contributed by atoms with Gasteiger partial charge in [-0.25, -0.2) is 0 Å². The molecule has 0 bridgehead atoms. The predicted octanol–water partition coefficient (Wildman–Crippen LogP) is 4.86. The maximum Gasteiger partial charge on any atom is 0.0697 e. The maximum atomic E-state index is 2.25. The Balaban J connectivity index is 2.32. The lowest BCUT2D eigenvalue weighted by atomic mass is 10.1. The highest BCUT2D eigenvalue weighted by Gasteiger charge is 1.99. The van der Waals surface area contributed by atoms with E-state index in [1.807, 2.05) is 7.39 Å². The molecule has 0 heterocycles. The van der Waals surface area contributed by atoms with Crippen LogP contribution in [0.1, 0.15) is 0 Å². The van der Waals surface area contributed by atoms with E-state index in [4.69, 9.17) is 0 Å². The first-order valence-electron chi connectivity index (χ1n) is 4.54. The summed E-state index contributed by atoms with van der Waals surface area (Å²) in [5.74, 6) is 0. The minimum Gasteiger partial charge on any atom is -0.255 e. The minimum atomic E-state index is 1.20. The summed E-state index contributed by atoms with van der Waals surface area (Å²) in [5.41, 5.74) is 3.72. The molecule has 0 fully saturated rings. The third-order valence-electron chi connectivity index (χ3n) is 2.17. The summed E-state index contributed by atoms with van der Waals surface area (Å²) >= 11 is 4.51. The van der Waals surface area contributed by atoms with Gasteiger partial charge in [0.05, 0.1) is 51.4 Å². The molecular formula is C12H9I2N. The van der Waals surface area contributed by atoms with Crippen LogP contribution in [0.5, 0.6) is 0 Å². The Morgan fingerprint density at radius 1 is 0.667 bits per heavy atom. The van der Waals surface area contributed by atoms with Gasteiger partial charge in [-0.2, -0.15) is 0 Å². The highest BCUT2D eigenvalue weighted by molar-refractivity contribution is 14.2. The topological polar surface area (TPSA) is 3.24 Å². The van der Waals surface area contributed by atoms with E-state index in [0.717, 1.165) is 0 Å². The molecule has 76 valence electrons. The third-order valence-corrected chi connectivity index (χ3v) is 3.28. The number of anilines is 1. The fourth-order valence-electron chi connectivity index (χ4n) is 1.40. The molecule has 3 heteroatoms. The lowest BCUT2D eigenvalue weighted by Gasteiger charge is -2.08. The van der Waals surface area contributed by atoms with Gasteiger partial charge in [0.25, 0.3) is 0 Å². The van der Waals surface area contributed by atoms with Gasteiger partial charge < -0.3 is 0 Å². The molecule has 0 atom stereocenters. The van der Waals surface area contributed by atoms with E-state index >= 15 is 0 Å². The fraction of sp³-hybridized carbons (Fsp3) is 0. The van der Waals surface area contributed by atoms with E-state index < -0.39 is 0 Å². The zero-order valence-electron chi connectivity index (χ0n) is 7.90. The second-order valence-electron chi connectivity index (χ2n) is 3.15. The van der Waals surface area contributed by atoms with Crippen molar-refractivity contribution in [2.75, 3.05) is 1.33 Å². The van der Waals surface area contributed by atoms with Gasteiger partial charge in [0.1, 0.15) is 0 Å².